The normalized spacial score (nSPS) is 13.6. The van der Waals surface area contributed by atoms with Gasteiger partial charge in [-0.15, -0.1) is 0 Å². The van der Waals surface area contributed by atoms with Gasteiger partial charge in [0, 0.05) is 35.3 Å². The van der Waals surface area contributed by atoms with Gasteiger partial charge < -0.3 is 4.57 Å². The zero-order valence-electron chi connectivity index (χ0n) is 16.5. The van der Waals surface area contributed by atoms with Crippen molar-refractivity contribution in [1.82, 2.24) is 8.97 Å². The topological polar surface area (TPSA) is 26.4 Å². The van der Waals surface area contributed by atoms with E-state index in [0.29, 0.717) is 11.4 Å². The minimum absolute atomic E-state index is 0.175. The summed E-state index contributed by atoms with van der Waals surface area (Å²) in [5, 5.41) is 0.711. The maximum atomic E-state index is 13.1. The molecule has 0 aliphatic carbocycles. The molecule has 146 valence electrons. The number of hydrogen-bond acceptors (Lipinski definition) is 1. The van der Waals surface area contributed by atoms with E-state index in [1.807, 2.05) is 37.3 Å². The predicted molar refractivity (Wildman–Crippen MR) is 119 cm³/mol. The van der Waals surface area contributed by atoms with Crippen molar-refractivity contribution >= 4 is 23.0 Å². The molecule has 4 aromatic rings. The molecule has 0 N–H and O–H groups in total. The van der Waals surface area contributed by atoms with Crippen LogP contribution in [0.25, 0.3) is 28.0 Å². The molecule has 3 nitrogen and oxygen atoms in total. The third kappa shape index (κ3) is 2.92. The molecule has 5 rings (SSSR count). The van der Waals surface area contributed by atoms with Crippen LogP contribution in [-0.2, 0) is 13.0 Å². The Labute approximate surface area is 175 Å². The molecule has 29 heavy (non-hydrogen) atoms. The van der Waals surface area contributed by atoms with Crippen LogP contribution in [0.3, 0.4) is 0 Å². The van der Waals surface area contributed by atoms with Gasteiger partial charge in [0.25, 0.3) is 0 Å². The average molecular weight is 403 g/mol. The molecular formula is C25H23ClN2O. The molecular weight excluding hydrogens is 380 g/mol. The van der Waals surface area contributed by atoms with Gasteiger partial charge in [-0.2, -0.15) is 0 Å². The highest BCUT2D eigenvalue weighted by Crippen LogP contribution is 2.40. The van der Waals surface area contributed by atoms with Crippen molar-refractivity contribution in [2.24, 2.45) is 0 Å². The molecule has 4 heteroatoms. The quantitative estimate of drug-likeness (QED) is 0.350. The van der Waals surface area contributed by atoms with Gasteiger partial charge in [0.1, 0.15) is 5.65 Å². The molecule has 3 heterocycles. The highest BCUT2D eigenvalue weighted by atomic mass is 35.5. The van der Waals surface area contributed by atoms with Crippen LogP contribution in [0.4, 0.5) is 0 Å². The minimum Gasteiger partial charge on any atom is -0.325 e. The summed E-state index contributed by atoms with van der Waals surface area (Å²) in [5.41, 5.74) is 7.77. The molecule has 0 saturated carbocycles. The first-order chi connectivity index (χ1) is 14.2. The summed E-state index contributed by atoms with van der Waals surface area (Å²) >= 11 is 6.13. The molecule has 1 aliphatic heterocycles. The van der Waals surface area contributed by atoms with Gasteiger partial charge in [0.05, 0.1) is 11.4 Å². The monoisotopic (exact) mass is 402 g/mol. The number of carbonyl (C=O) groups is 1. The fourth-order valence-corrected chi connectivity index (χ4v) is 4.72. The summed E-state index contributed by atoms with van der Waals surface area (Å²) < 4.78 is 4.56. The maximum absolute atomic E-state index is 13.1. The number of aryl methyl sites for hydroxylation is 2. The van der Waals surface area contributed by atoms with Gasteiger partial charge in [0.15, 0.2) is 5.78 Å². The van der Waals surface area contributed by atoms with Crippen molar-refractivity contribution in [2.75, 3.05) is 0 Å². The van der Waals surface area contributed by atoms with Gasteiger partial charge in [-0.1, -0.05) is 61.0 Å². The maximum Gasteiger partial charge on any atom is 0.179 e. The molecule has 0 fully saturated rings. The second kappa shape index (κ2) is 7.23. The first-order valence-electron chi connectivity index (χ1n) is 10.3. The fraction of sp³-hybridized carbons (Fsp3) is 0.240. The first kappa shape index (κ1) is 18.3. The average Bonchev–Trinajstić information content (AvgIpc) is 3.17. The van der Waals surface area contributed by atoms with E-state index in [2.05, 4.69) is 39.4 Å². The number of rotatable bonds is 4. The van der Waals surface area contributed by atoms with E-state index in [1.54, 1.807) is 0 Å². The van der Waals surface area contributed by atoms with Crippen molar-refractivity contribution in [3.8, 4) is 22.4 Å². The number of benzene rings is 2. The molecule has 0 atom stereocenters. The number of ketones is 1. The molecule has 2 aromatic heterocycles. The second-order valence-corrected chi connectivity index (χ2v) is 8.10. The third-order valence-electron chi connectivity index (χ3n) is 5.92. The van der Waals surface area contributed by atoms with Gasteiger partial charge >= 0.3 is 0 Å². The molecule has 2 aromatic carbocycles. The molecule has 0 amide bonds. The number of carbonyl (C=O) groups excluding carboxylic acids is 1. The summed E-state index contributed by atoms with van der Waals surface area (Å²) in [5.74, 6) is 0.175. The molecule has 0 bridgehead atoms. The van der Waals surface area contributed by atoms with Crippen LogP contribution in [0.5, 0.6) is 0 Å². The first-order valence-corrected chi connectivity index (χ1v) is 10.7. The Hall–Kier alpha value is -2.78. The summed E-state index contributed by atoms with van der Waals surface area (Å²) in [6, 6.07) is 18.4. The summed E-state index contributed by atoms with van der Waals surface area (Å²) in [6.45, 7) is 2.91. The summed E-state index contributed by atoms with van der Waals surface area (Å²) in [4.78, 5) is 13.1. The highest BCUT2D eigenvalue weighted by Gasteiger charge is 2.28. The van der Waals surface area contributed by atoms with E-state index < -0.39 is 0 Å². The Kier molecular flexibility index (Phi) is 4.56. The van der Waals surface area contributed by atoms with Crippen molar-refractivity contribution in [1.29, 1.82) is 0 Å². The van der Waals surface area contributed by atoms with E-state index in [0.717, 1.165) is 42.6 Å². The van der Waals surface area contributed by atoms with Crippen LogP contribution in [-0.4, -0.2) is 14.8 Å². The van der Waals surface area contributed by atoms with Crippen molar-refractivity contribution in [3.05, 3.63) is 77.1 Å². The van der Waals surface area contributed by atoms with E-state index in [1.165, 1.54) is 22.5 Å². The van der Waals surface area contributed by atoms with E-state index >= 15 is 0 Å². The van der Waals surface area contributed by atoms with Gasteiger partial charge in [-0.25, -0.2) is 0 Å². The standard InChI is InChI=1S/C25H23ClN2O/c1-2-22(29)24-23(18-11-13-19(26)14-12-18)20-10-6-7-15-27-21(16-28(24)25(20)27)17-8-4-3-5-9-17/h3-5,8-9,11-14,16H,2,6-7,10,15H2,1H3. The zero-order valence-corrected chi connectivity index (χ0v) is 17.2. The van der Waals surface area contributed by atoms with Crippen LogP contribution in [0, 0.1) is 0 Å². The van der Waals surface area contributed by atoms with Gasteiger partial charge in [-0.3, -0.25) is 9.20 Å². The van der Waals surface area contributed by atoms with Crippen molar-refractivity contribution < 1.29 is 4.79 Å². The van der Waals surface area contributed by atoms with Gasteiger partial charge in [-0.05, 0) is 42.5 Å². The lowest BCUT2D eigenvalue weighted by Gasteiger charge is -2.09. The van der Waals surface area contributed by atoms with Crippen molar-refractivity contribution in [2.45, 2.75) is 39.2 Å². The zero-order chi connectivity index (χ0) is 20.0. The van der Waals surface area contributed by atoms with Crippen LogP contribution in [0.2, 0.25) is 5.02 Å². The van der Waals surface area contributed by atoms with Crippen LogP contribution < -0.4 is 0 Å². The van der Waals surface area contributed by atoms with E-state index in [-0.39, 0.29) is 5.78 Å². The Bertz CT molecular complexity index is 1200. The Morgan fingerprint density at radius 1 is 1.00 bits per heavy atom. The number of hydrogen-bond donors (Lipinski definition) is 0. The Morgan fingerprint density at radius 2 is 1.76 bits per heavy atom. The highest BCUT2D eigenvalue weighted by molar-refractivity contribution is 6.30. The number of imidazole rings is 1. The largest absolute Gasteiger partial charge is 0.325 e. The van der Waals surface area contributed by atoms with Gasteiger partial charge in [0.2, 0.25) is 0 Å². The molecule has 0 saturated heterocycles. The predicted octanol–water partition coefficient (Wildman–Crippen LogP) is 6.66. The third-order valence-corrected chi connectivity index (χ3v) is 6.17. The minimum atomic E-state index is 0.175. The number of nitrogens with zero attached hydrogens (tertiary/aromatic N) is 2. The SMILES string of the molecule is CCC(=O)c1c(-c2ccc(Cl)cc2)c2c3n(c(-c4ccccc4)cn13)CCCC2. The number of Topliss-reactive ketones (excluding diaryl/α,β-unsaturated/α-hetero) is 1. The van der Waals surface area contributed by atoms with Crippen LogP contribution >= 0.6 is 11.6 Å². The van der Waals surface area contributed by atoms with Crippen LogP contribution in [0.15, 0.2) is 60.8 Å². The molecule has 0 unspecified atom stereocenters. The number of halogens is 1. The van der Waals surface area contributed by atoms with E-state index in [9.17, 15) is 4.79 Å². The molecule has 0 spiro atoms. The Morgan fingerprint density at radius 3 is 2.48 bits per heavy atom. The molecule has 1 aliphatic rings. The van der Waals surface area contributed by atoms with E-state index in [4.69, 9.17) is 11.6 Å². The second-order valence-electron chi connectivity index (χ2n) is 7.67. The lowest BCUT2D eigenvalue weighted by Crippen LogP contribution is -2.03. The lowest BCUT2D eigenvalue weighted by atomic mass is 9.96. The molecule has 0 radical (unpaired) electrons. The summed E-state index contributed by atoms with van der Waals surface area (Å²) in [7, 11) is 0. The summed E-state index contributed by atoms with van der Waals surface area (Å²) in [6.07, 6.45) is 5.88. The Balaban J connectivity index is 1.86. The number of aromatic nitrogens is 2. The fourth-order valence-electron chi connectivity index (χ4n) is 4.59. The van der Waals surface area contributed by atoms with Crippen LogP contribution in [0.1, 0.15) is 42.2 Å². The smallest absolute Gasteiger partial charge is 0.179 e. The van der Waals surface area contributed by atoms with Crippen molar-refractivity contribution in [3.63, 3.8) is 0 Å². The lowest BCUT2D eigenvalue weighted by molar-refractivity contribution is 0.0983.